The van der Waals surface area contributed by atoms with E-state index < -0.39 is 0 Å². The summed E-state index contributed by atoms with van der Waals surface area (Å²) in [6, 6.07) is 5.48. The minimum atomic E-state index is 0.357. The number of hydrogen-bond acceptors (Lipinski definition) is 4. The molecule has 4 nitrogen and oxygen atoms in total. The molecular formula is C9H7Cl2N3O. The first-order valence-corrected chi connectivity index (χ1v) is 4.93. The zero-order valence-electron chi connectivity index (χ0n) is 7.79. The summed E-state index contributed by atoms with van der Waals surface area (Å²) in [7, 11) is 1.70. The van der Waals surface area contributed by atoms with Crippen molar-refractivity contribution in [1.82, 2.24) is 10.2 Å². The Morgan fingerprint density at radius 1 is 1.20 bits per heavy atom. The van der Waals surface area contributed by atoms with Gasteiger partial charge < -0.3 is 9.73 Å². The summed E-state index contributed by atoms with van der Waals surface area (Å²) in [6.45, 7) is 0. The Balaban J connectivity index is 2.40. The van der Waals surface area contributed by atoms with Crippen LogP contribution in [0, 0.1) is 0 Å². The van der Waals surface area contributed by atoms with Crippen molar-refractivity contribution in [3.8, 4) is 11.5 Å². The van der Waals surface area contributed by atoms with E-state index in [0.717, 1.165) is 5.56 Å². The van der Waals surface area contributed by atoms with Crippen molar-refractivity contribution in [3.05, 3.63) is 28.2 Å². The third-order valence-corrected chi connectivity index (χ3v) is 2.54. The average Bonchev–Trinajstić information content (AvgIpc) is 2.70. The van der Waals surface area contributed by atoms with E-state index in [9.17, 15) is 0 Å². The lowest BCUT2D eigenvalue weighted by molar-refractivity contribution is 0.585. The maximum Gasteiger partial charge on any atom is 0.315 e. The molecule has 15 heavy (non-hydrogen) atoms. The molecule has 1 aromatic heterocycles. The van der Waals surface area contributed by atoms with Crippen LogP contribution >= 0.6 is 23.2 Å². The molecule has 1 aromatic carbocycles. The summed E-state index contributed by atoms with van der Waals surface area (Å²) in [5, 5.41) is 11.3. The highest BCUT2D eigenvalue weighted by Gasteiger charge is 2.08. The molecule has 2 rings (SSSR count). The number of nitrogens with one attached hydrogen (secondary N) is 1. The first kappa shape index (κ1) is 10.3. The highest BCUT2D eigenvalue weighted by Crippen LogP contribution is 2.28. The van der Waals surface area contributed by atoms with E-state index >= 15 is 0 Å². The second kappa shape index (κ2) is 4.08. The molecular weight excluding hydrogens is 237 g/mol. The Morgan fingerprint density at radius 2 is 2.00 bits per heavy atom. The van der Waals surface area contributed by atoms with Crippen LogP contribution in [0.2, 0.25) is 10.0 Å². The molecule has 0 saturated carbocycles. The van der Waals surface area contributed by atoms with Gasteiger partial charge in [-0.15, -0.1) is 5.10 Å². The van der Waals surface area contributed by atoms with E-state index in [0.29, 0.717) is 22.0 Å². The van der Waals surface area contributed by atoms with Gasteiger partial charge in [0.1, 0.15) is 0 Å². The highest BCUT2D eigenvalue weighted by atomic mass is 35.5. The van der Waals surface area contributed by atoms with Crippen LogP contribution in [0.4, 0.5) is 6.01 Å². The fourth-order valence-electron chi connectivity index (χ4n) is 1.07. The molecule has 0 aliphatic carbocycles. The van der Waals surface area contributed by atoms with Gasteiger partial charge in [0.25, 0.3) is 0 Å². The van der Waals surface area contributed by atoms with E-state index in [1.165, 1.54) is 0 Å². The molecule has 0 unspecified atom stereocenters. The number of halogens is 2. The van der Waals surface area contributed by atoms with Gasteiger partial charge in [0.15, 0.2) is 0 Å². The normalized spacial score (nSPS) is 10.3. The van der Waals surface area contributed by atoms with Gasteiger partial charge in [0, 0.05) is 12.6 Å². The van der Waals surface area contributed by atoms with Crippen LogP contribution in [0.15, 0.2) is 22.6 Å². The van der Waals surface area contributed by atoms with Gasteiger partial charge in [-0.3, -0.25) is 0 Å². The summed E-state index contributed by atoms with van der Waals surface area (Å²) in [4.78, 5) is 0. The molecule has 0 aliphatic heterocycles. The van der Waals surface area contributed by atoms with E-state index in [2.05, 4.69) is 15.5 Å². The van der Waals surface area contributed by atoms with Crippen LogP contribution in [0.3, 0.4) is 0 Å². The molecule has 2 aromatic rings. The summed E-state index contributed by atoms with van der Waals surface area (Å²) < 4.78 is 5.28. The lowest BCUT2D eigenvalue weighted by Crippen LogP contribution is -1.85. The maximum atomic E-state index is 5.87. The van der Waals surface area contributed by atoms with Crippen molar-refractivity contribution in [1.29, 1.82) is 0 Å². The SMILES string of the molecule is CNc1nnc(-c2ccc(Cl)c(Cl)c2)o1. The smallest absolute Gasteiger partial charge is 0.315 e. The number of hydrogen-bond donors (Lipinski definition) is 1. The second-order valence-electron chi connectivity index (χ2n) is 2.79. The largest absolute Gasteiger partial charge is 0.403 e. The Kier molecular flexibility index (Phi) is 2.79. The molecule has 0 fully saturated rings. The maximum absolute atomic E-state index is 5.87. The summed E-state index contributed by atoms with van der Waals surface area (Å²) in [6.07, 6.45) is 0. The first-order valence-electron chi connectivity index (χ1n) is 4.17. The van der Waals surface area contributed by atoms with Crippen LogP contribution in [0.1, 0.15) is 0 Å². The Morgan fingerprint density at radius 3 is 2.60 bits per heavy atom. The van der Waals surface area contributed by atoms with Crippen LogP contribution in [-0.4, -0.2) is 17.2 Å². The van der Waals surface area contributed by atoms with Crippen molar-refractivity contribution in [2.45, 2.75) is 0 Å². The van der Waals surface area contributed by atoms with E-state index in [1.807, 2.05) is 0 Å². The van der Waals surface area contributed by atoms with E-state index in [1.54, 1.807) is 25.2 Å². The number of rotatable bonds is 2. The zero-order chi connectivity index (χ0) is 10.8. The minimum absolute atomic E-state index is 0.357. The minimum Gasteiger partial charge on any atom is -0.403 e. The number of benzene rings is 1. The third kappa shape index (κ3) is 2.06. The third-order valence-electron chi connectivity index (χ3n) is 1.81. The molecule has 0 atom stereocenters. The van der Waals surface area contributed by atoms with Gasteiger partial charge >= 0.3 is 6.01 Å². The van der Waals surface area contributed by atoms with E-state index in [4.69, 9.17) is 27.6 Å². The standard InChI is InChI=1S/C9H7Cl2N3O/c1-12-9-14-13-8(15-9)5-2-3-6(10)7(11)4-5/h2-4H,1H3,(H,12,14). The lowest BCUT2D eigenvalue weighted by Gasteiger charge is -1.97. The molecule has 0 aliphatic rings. The Labute approximate surface area is 96.2 Å². The van der Waals surface area contributed by atoms with Crippen LogP contribution in [0.5, 0.6) is 0 Å². The number of nitrogens with zero attached hydrogens (tertiary/aromatic N) is 2. The fraction of sp³-hybridized carbons (Fsp3) is 0.111. The lowest BCUT2D eigenvalue weighted by atomic mass is 10.2. The monoisotopic (exact) mass is 243 g/mol. The average molecular weight is 244 g/mol. The zero-order valence-corrected chi connectivity index (χ0v) is 9.30. The predicted octanol–water partition coefficient (Wildman–Crippen LogP) is 3.09. The Bertz CT molecular complexity index is 484. The molecule has 0 bridgehead atoms. The molecule has 0 amide bonds. The second-order valence-corrected chi connectivity index (χ2v) is 3.61. The van der Waals surface area contributed by atoms with E-state index in [-0.39, 0.29) is 0 Å². The fourth-order valence-corrected chi connectivity index (χ4v) is 1.37. The molecule has 6 heteroatoms. The summed E-state index contributed by atoms with van der Waals surface area (Å²) in [5.41, 5.74) is 0.735. The van der Waals surface area contributed by atoms with Gasteiger partial charge in [-0.05, 0) is 18.2 Å². The van der Waals surface area contributed by atoms with Crippen molar-refractivity contribution < 1.29 is 4.42 Å². The highest BCUT2D eigenvalue weighted by molar-refractivity contribution is 6.42. The quantitative estimate of drug-likeness (QED) is 0.881. The van der Waals surface area contributed by atoms with Gasteiger partial charge in [0.2, 0.25) is 5.89 Å². The van der Waals surface area contributed by atoms with Gasteiger partial charge in [0.05, 0.1) is 10.0 Å². The van der Waals surface area contributed by atoms with Gasteiger partial charge in [-0.25, -0.2) is 0 Å². The van der Waals surface area contributed by atoms with Gasteiger partial charge in [-0.2, -0.15) is 0 Å². The predicted molar refractivity (Wildman–Crippen MR) is 59.3 cm³/mol. The molecule has 78 valence electrons. The molecule has 0 saturated heterocycles. The van der Waals surface area contributed by atoms with Gasteiger partial charge in [-0.1, -0.05) is 28.3 Å². The molecule has 1 N–H and O–H groups in total. The van der Waals surface area contributed by atoms with Crippen molar-refractivity contribution in [2.75, 3.05) is 12.4 Å². The van der Waals surface area contributed by atoms with Crippen molar-refractivity contribution in [2.24, 2.45) is 0 Å². The summed E-state index contributed by atoms with van der Waals surface area (Å²) >= 11 is 11.7. The first-order chi connectivity index (χ1) is 7.20. The van der Waals surface area contributed by atoms with Crippen LogP contribution < -0.4 is 5.32 Å². The topological polar surface area (TPSA) is 51.0 Å². The molecule has 0 spiro atoms. The van der Waals surface area contributed by atoms with Crippen molar-refractivity contribution in [3.63, 3.8) is 0 Å². The van der Waals surface area contributed by atoms with Crippen LogP contribution in [-0.2, 0) is 0 Å². The van der Waals surface area contributed by atoms with Crippen LogP contribution in [0.25, 0.3) is 11.5 Å². The van der Waals surface area contributed by atoms with Crippen molar-refractivity contribution >= 4 is 29.2 Å². The number of anilines is 1. The Hall–Kier alpha value is -1.26. The molecule has 1 heterocycles. The number of aromatic nitrogens is 2. The molecule has 0 radical (unpaired) electrons. The summed E-state index contributed by atoms with van der Waals surface area (Å²) in [5.74, 6) is 0.401.